The zero-order chi connectivity index (χ0) is 63.5. The van der Waals surface area contributed by atoms with E-state index in [4.69, 9.17) is 46.8 Å². The van der Waals surface area contributed by atoms with Crippen LogP contribution in [0.25, 0.3) is 17.1 Å². The molecule has 4 aliphatic rings. The molecule has 0 aliphatic carbocycles. The van der Waals surface area contributed by atoms with Gasteiger partial charge in [0.1, 0.15) is 18.0 Å². The van der Waals surface area contributed by atoms with Crippen LogP contribution in [-0.4, -0.2) is 104 Å². The van der Waals surface area contributed by atoms with Crippen molar-refractivity contribution >= 4 is 40.7 Å². The highest BCUT2D eigenvalue weighted by Crippen LogP contribution is 2.34. The molecule has 7 heterocycles. The van der Waals surface area contributed by atoms with Gasteiger partial charge in [-0.25, -0.2) is 19.7 Å². The third-order valence-corrected chi connectivity index (χ3v) is 15.2. The number of esters is 2. The van der Waals surface area contributed by atoms with E-state index in [0.717, 1.165) is 132 Å². The number of carbonyl (C=O) groups is 4. The van der Waals surface area contributed by atoms with Gasteiger partial charge in [0.2, 0.25) is 30.7 Å². The van der Waals surface area contributed by atoms with Crippen molar-refractivity contribution in [3.8, 4) is 40.1 Å². The Morgan fingerprint density at radius 2 is 1.21 bits per heavy atom. The molecule has 91 heavy (non-hydrogen) atoms. The Balaban J connectivity index is 0.000000172. The van der Waals surface area contributed by atoms with Crippen molar-refractivity contribution in [2.24, 2.45) is 5.73 Å². The summed E-state index contributed by atoms with van der Waals surface area (Å²) < 4.78 is 36.6. The first-order valence-electron chi connectivity index (χ1n) is 30.4. The van der Waals surface area contributed by atoms with Gasteiger partial charge in [0, 0.05) is 128 Å². The van der Waals surface area contributed by atoms with Crippen molar-refractivity contribution in [1.82, 2.24) is 34.0 Å². The minimum absolute atomic E-state index is 0. The topological polar surface area (TPSA) is 248 Å². The number of allylic oxidation sites excluding steroid dienone is 1. The number of Topliss-reactive ketones (excluding diaryl/α,β-unsaturated/α-hetero) is 1. The number of nitrogens with zero attached hydrogens (tertiary/aromatic N) is 8. The summed E-state index contributed by atoms with van der Waals surface area (Å²) in [6.45, 7) is 9.68. The number of hydrogen-bond acceptors (Lipinski definition) is 17. The third-order valence-electron chi connectivity index (χ3n) is 14.7. The molecular formula is C69H85ClN11O10+. The van der Waals surface area contributed by atoms with Crippen molar-refractivity contribution in [3.05, 3.63) is 188 Å². The first-order chi connectivity index (χ1) is 43.9. The second kappa shape index (κ2) is 36.2. The second-order valence-corrected chi connectivity index (χ2v) is 21.7. The summed E-state index contributed by atoms with van der Waals surface area (Å²) in [4.78, 5) is 63.4. The van der Waals surface area contributed by atoms with Gasteiger partial charge in [0.15, 0.2) is 23.0 Å². The van der Waals surface area contributed by atoms with Crippen LogP contribution >= 0.6 is 0 Å². The van der Waals surface area contributed by atoms with Crippen molar-refractivity contribution in [2.75, 3.05) is 55.4 Å². The van der Waals surface area contributed by atoms with Crippen LogP contribution in [-0.2, 0) is 41.7 Å². The summed E-state index contributed by atoms with van der Waals surface area (Å²) in [5, 5.41) is 2.63. The molecule has 21 nitrogen and oxygen atoms in total. The number of nitrogens with two attached hydrogens (primary N) is 2. The normalized spacial score (nSPS) is 14.9. The molecule has 2 atom stereocenters. The molecule has 1 amide bonds. The van der Waals surface area contributed by atoms with Crippen LogP contribution in [0.15, 0.2) is 177 Å². The van der Waals surface area contributed by atoms with E-state index in [0.29, 0.717) is 45.9 Å². The van der Waals surface area contributed by atoms with Crippen LogP contribution in [0.2, 0.25) is 0 Å². The monoisotopic (exact) mass is 1260 g/mol. The van der Waals surface area contributed by atoms with Crippen LogP contribution < -0.4 is 45.5 Å². The van der Waals surface area contributed by atoms with E-state index in [2.05, 4.69) is 71.2 Å². The summed E-state index contributed by atoms with van der Waals surface area (Å²) in [6, 6.07) is 36.1. The fourth-order valence-electron chi connectivity index (χ4n) is 10.2. The molecule has 482 valence electrons. The molecule has 2 fully saturated rings. The maximum atomic E-state index is 12.7. The molecule has 4 aliphatic heterocycles. The average Bonchev–Trinajstić information content (AvgIpc) is 1.85. The van der Waals surface area contributed by atoms with Gasteiger partial charge >= 0.3 is 11.9 Å². The summed E-state index contributed by atoms with van der Waals surface area (Å²) in [5.41, 5.74) is 20.3. The van der Waals surface area contributed by atoms with E-state index in [9.17, 15) is 19.2 Å². The number of rotatable bonds is 18. The Morgan fingerprint density at radius 1 is 0.659 bits per heavy atom. The lowest BCUT2D eigenvalue weighted by atomic mass is 9.98. The molecule has 22 heteroatoms. The molecule has 0 saturated carbocycles. The van der Waals surface area contributed by atoms with Gasteiger partial charge in [-0.3, -0.25) is 14.4 Å². The highest BCUT2D eigenvalue weighted by molar-refractivity contribution is 5.97. The number of amides is 1. The number of ether oxygens (including phenoxy) is 6. The Kier molecular flexibility index (Phi) is 27.4. The number of ketones is 1. The molecule has 0 bridgehead atoms. The van der Waals surface area contributed by atoms with Crippen LogP contribution in [0.1, 0.15) is 104 Å². The highest BCUT2D eigenvalue weighted by Gasteiger charge is 2.27. The largest absolute Gasteiger partial charge is 0.466 e. The van der Waals surface area contributed by atoms with Gasteiger partial charge in [-0.15, -0.1) is 0 Å². The first kappa shape index (κ1) is 68.9. The van der Waals surface area contributed by atoms with E-state index in [1.54, 1.807) is 50.6 Å². The number of fused-ring (bicyclic) bond motifs is 2. The Bertz CT molecular complexity index is 3560. The Labute approximate surface area is 537 Å². The van der Waals surface area contributed by atoms with Gasteiger partial charge in [-0.2, -0.15) is 0 Å². The summed E-state index contributed by atoms with van der Waals surface area (Å²) in [6.07, 6.45) is 26.3. The first-order valence-corrected chi connectivity index (χ1v) is 30.9. The molecule has 0 spiro atoms. The summed E-state index contributed by atoms with van der Waals surface area (Å²) in [7, 11) is 0. The number of aromatic nitrogens is 6. The predicted molar refractivity (Wildman–Crippen MR) is 349 cm³/mol. The maximum absolute atomic E-state index is 12.7. The molecule has 3 aromatic heterocycles. The van der Waals surface area contributed by atoms with Crippen LogP contribution in [0, 0.1) is 11.6 Å². The minimum Gasteiger partial charge on any atom is -0.466 e. The van der Waals surface area contributed by atoms with Crippen LogP contribution in [0.5, 0.6) is 23.0 Å². The number of halogens is 1. The fraction of sp³-hybridized carbons (Fsp3) is 0.348. The minimum atomic E-state index is -0.474. The number of nitrogen functional groups attached to an aromatic ring is 1. The van der Waals surface area contributed by atoms with Crippen molar-refractivity contribution in [3.63, 3.8) is 0 Å². The molecule has 5 aromatic carbocycles. The number of anilines is 3. The Hall–Kier alpha value is -9.60. The van der Waals surface area contributed by atoms with Crippen molar-refractivity contribution < 1.29 is 59.2 Å². The summed E-state index contributed by atoms with van der Waals surface area (Å²) in [5.74, 6) is 2.23. The zero-order valence-electron chi connectivity index (χ0n) is 51.3. The number of benzene rings is 5. The lowest BCUT2D eigenvalue weighted by molar-refractivity contribution is -0.404. The number of hydrogen-bond donors (Lipinski definition) is 3. The lowest BCUT2D eigenvalue weighted by Crippen LogP contribution is -2.42. The molecule has 0 radical (unpaired) electrons. The van der Waals surface area contributed by atoms with Gasteiger partial charge in [-0.05, 0) is 142 Å². The molecular weight excluding hydrogens is 1180 g/mol. The van der Waals surface area contributed by atoms with Gasteiger partial charge in [0.25, 0.3) is 0 Å². The van der Waals surface area contributed by atoms with Gasteiger partial charge < -0.3 is 68.7 Å². The van der Waals surface area contributed by atoms with Crippen molar-refractivity contribution in [1.29, 1.82) is 0 Å². The number of carbonyl (C=O) groups excluding carboxylic acids is 4. The highest BCUT2D eigenvalue weighted by atomic mass is 35.5. The lowest BCUT2D eigenvalue weighted by Gasteiger charge is -2.37. The number of imidazole rings is 3. The smallest absolute Gasteiger partial charge is 0.332 e. The van der Waals surface area contributed by atoms with Crippen LogP contribution in [0.4, 0.5) is 17.1 Å². The molecule has 12 rings (SSSR count). The van der Waals surface area contributed by atoms with E-state index in [1.807, 2.05) is 119 Å². The van der Waals surface area contributed by atoms with E-state index >= 15 is 0 Å². The quantitative estimate of drug-likeness (QED) is 0.0237. The third kappa shape index (κ3) is 21.0. The molecule has 2 saturated heterocycles. The summed E-state index contributed by atoms with van der Waals surface area (Å²) >= 11 is 4.90. The average molecular weight is 1260 g/mol. The van der Waals surface area contributed by atoms with Gasteiger partial charge in [0.05, 0.1) is 32.2 Å². The zero-order valence-corrected chi connectivity index (χ0v) is 52.1. The standard InChI is InChI=1S/C24H26N4O3.C18H21N3O2.C9H16ClO3.C9H9N3.C8H9NO2.CH4/c29-24(26-15-18-7-8-22-23(12-18)31-17-30-22)14-21-4-1-2-10-28(21)20-6-3-5-19(13-20)27-11-9-25-16-27;1-2-23-18(22)13-17-6-3-4-10-21(17)16-8-5-7-15(12-16)20-11-9-19-14-20;1-3-5-7(10)8(11)6-9(12)13-4-2;10-8-2-1-3-9(6-8)12-5-4-11-7-12;9-4-6-1-2-7-8(3-6)11-5-10-7;/h3,5-9,11-13,16,21H,1-2,4,10,14-15,17H2,(H,26,29);5,7-9,11-14H,2-4,6,10H2,1H3;7,10H,3-6H2,1-2H3;1-7H,10H2;1-3H,4-5,9H2;1H4/q;;+1;;;/b;17-13+;;;;. The fourth-order valence-corrected chi connectivity index (χ4v) is 10.6. The van der Waals surface area contributed by atoms with E-state index < -0.39 is 11.3 Å². The Morgan fingerprint density at radius 3 is 1.79 bits per heavy atom. The van der Waals surface area contributed by atoms with Crippen LogP contribution in [0.3, 0.4) is 0 Å². The van der Waals surface area contributed by atoms with Gasteiger partial charge in [-0.1, -0.05) is 51.1 Å². The van der Waals surface area contributed by atoms with E-state index in [1.165, 1.54) is 0 Å². The predicted octanol–water partition coefficient (Wildman–Crippen LogP) is 10.9. The maximum Gasteiger partial charge on any atom is 0.332 e. The van der Waals surface area contributed by atoms with E-state index in [-0.39, 0.29) is 44.3 Å². The molecule has 2 unspecified atom stereocenters. The van der Waals surface area contributed by atoms with Crippen molar-refractivity contribution in [2.45, 2.75) is 117 Å². The molecule has 8 aromatic rings. The number of piperidine rings is 2. The number of nitrogens with one attached hydrogen (secondary N) is 1. The number of alkyl halides is 1. The second-order valence-electron chi connectivity index (χ2n) is 21.2. The molecule has 5 N–H and O–H groups in total. The SMILES string of the molecule is C.CCCC([ClH+])C(=O)CC(=O)OCC.CCOC(=O)/C=C1\CCCCN1c1cccc(-n2ccnc2)c1.NCc1ccc2c(c1)OCO2.Nc1cccc(-n2ccnc2)c1.O=C(CC1CCCCN1c1cccc(-n2ccnc2)c1)NCc1ccc2c(c1)OCO2.